The zero-order chi connectivity index (χ0) is 15.7. The van der Waals surface area contributed by atoms with E-state index in [1.807, 2.05) is 0 Å². The van der Waals surface area contributed by atoms with Gasteiger partial charge < -0.3 is 16.0 Å². The number of urea groups is 1. The number of rotatable bonds is 3. The standard InChI is InChI=1S/C15H19FN4O2/c16-13-4-3-10(20-7-5-18-15(20)22)8-12(13)14(21)19-6-1-2-11(19)9-17/h3-4,8,11H,1-2,5-7,9,17H2,(H,18,22). The molecule has 2 fully saturated rings. The van der Waals surface area contributed by atoms with Crippen LogP contribution in [0, 0.1) is 5.82 Å². The van der Waals surface area contributed by atoms with Crippen molar-refractivity contribution in [3.63, 3.8) is 0 Å². The molecule has 0 aromatic heterocycles. The van der Waals surface area contributed by atoms with Crippen LogP contribution in [0.4, 0.5) is 14.9 Å². The van der Waals surface area contributed by atoms with Crippen LogP contribution in [-0.2, 0) is 0 Å². The summed E-state index contributed by atoms with van der Waals surface area (Å²) in [5.41, 5.74) is 6.21. The van der Waals surface area contributed by atoms with Crippen LogP contribution in [0.2, 0.25) is 0 Å². The fourth-order valence-corrected chi connectivity index (χ4v) is 3.07. The number of halogens is 1. The largest absolute Gasteiger partial charge is 0.336 e. The third-order valence-corrected chi connectivity index (χ3v) is 4.26. The van der Waals surface area contributed by atoms with Crippen molar-refractivity contribution in [2.75, 3.05) is 31.1 Å². The number of nitrogens with one attached hydrogen (secondary N) is 1. The average molecular weight is 306 g/mol. The van der Waals surface area contributed by atoms with Gasteiger partial charge in [0.25, 0.3) is 5.91 Å². The van der Waals surface area contributed by atoms with E-state index in [0.717, 1.165) is 12.8 Å². The van der Waals surface area contributed by atoms with E-state index >= 15 is 0 Å². The minimum Gasteiger partial charge on any atom is -0.336 e. The maximum Gasteiger partial charge on any atom is 0.321 e. The molecule has 0 spiro atoms. The first-order valence-corrected chi connectivity index (χ1v) is 7.48. The fourth-order valence-electron chi connectivity index (χ4n) is 3.07. The van der Waals surface area contributed by atoms with Gasteiger partial charge in [0.15, 0.2) is 0 Å². The number of carbonyl (C=O) groups is 2. The molecule has 7 heteroatoms. The van der Waals surface area contributed by atoms with E-state index in [2.05, 4.69) is 5.32 Å². The minimum absolute atomic E-state index is 0.00227. The Balaban J connectivity index is 1.89. The molecule has 0 aliphatic carbocycles. The maximum atomic E-state index is 14.1. The Kier molecular flexibility index (Phi) is 3.98. The van der Waals surface area contributed by atoms with Crippen LogP contribution in [0.15, 0.2) is 18.2 Å². The van der Waals surface area contributed by atoms with Crippen molar-refractivity contribution in [2.24, 2.45) is 5.73 Å². The van der Waals surface area contributed by atoms with Crippen LogP contribution in [-0.4, -0.2) is 49.1 Å². The molecule has 6 nitrogen and oxygen atoms in total. The molecule has 2 aliphatic heterocycles. The van der Waals surface area contributed by atoms with Gasteiger partial charge in [0.05, 0.1) is 5.56 Å². The molecule has 2 aliphatic rings. The normalized spacial score (nSPS) is 21.4. The Hall–Kier alpha value is -2.15. The van der Waals surface area contributed by atoms with Gasteiger partial charge in [-0.05, 0) is 31.0 Å². The van der Waals surface area contributed by atoms with Gasteiger partial charge >= 0.3 is 6.03 Å². The molecule has 3 N–H and O–H groups in total. The van der Waals surface area contributed by atoms with E-state index in [0.29, 0.717) is 31.9 Å². The SMILES string of the molecule is NCC1CCCN1C(=O)c1cc(N2CCNC2=O)ccc1F. The lowest BCUT2D eigenvalue weighted by Crippen LogP contribution is -2.40. The Labute approximate surface area is 128 Å². The molecule has 1 aromatic rings. The third-order valence-electron chi connectivity index (χ3n) is 4.26. The Morgan fingerprint density at radius 3 is 2.91 bits per heavy atom. The van der Waals surface area contributed by atoms with Crippen molar-refractivity contribution in [1.82, 2.24) is 10.2 Å². The number of likely N-dealkylation sites (tertiary alicyclic amines) is 1. The molecule has 1 atom stereocenters. The molecular formula is C15H19FN4O2. The summed E-state index contributed by atoms with van der Waals surface area (Å²) in [4.78, 5) is 27.4. The number of nitrogens with zero attached hydrogens (tertiary/aromatic N) is 2. The van der Waals surface area contributed by atoms with E-state index in [-0.39, 0.29) is 23.5 Å². The number of anilines is 1. The highest BCUT2D eigenvalue weighted by Crippen LogP contribution is 2.25. The molecule has 1 unspecified atom stereocenters. The second-order valence-electron chi connectivity index (χ2n) is 5.58. The van der Waals surface area contributed by atoms with Gasteiger partial charge in [0, 0.05) is 37.9 Å². The summed E-state index contributed by atoms with van der Waals surface area (Å²) < 4.78 is 14.1. The molecule has 1 aromatic carbocycles. The number of benzene rings is 1. The van der Waals surface area contributed by atoms with Gasteiger partial charge in [-0.3, -0.25) is 9.69 Å². The number of carbonyl (C=O) groups excluding carboxylic acids is 2. The molecule has 0 radical (unpaired) electrons. The highest BCUT2D eigenvalue weighted by atomic mass is 19.1. The molecule has 2 heterocycles. The van der Waals surface area contributed by atoms with Gasteiger partial charge in [-0.1, -0.05) is 0 Å². The predicted molar refractivity (Wildman–Crippen MR) is 80.3 cm³/mol. The predicted octanol–water partition coefficient (Wildman–Crippen LogP) is 0.919. The van der Waals surface area contributed by atoms with Crippen LogP contribution >= 0.6 is 0 Å². The summed E-state index contributed by atoms with van der Waals surface area (Å²) in [6.45, 7) is 2.02. The van der Waals surface area contributed by atoms with Crippen molar-refractivity contribution in [3.8, 4) is 0 Å². The van der Waals surface area contributed by atoms with Crippen LogP contribution in [0.1, 0.15) is 23.2 Å². The molecule has 2 saturated heterocycles. The zero-order valence-corrected chi connectivity index (χ0v) is 12.2. The Morgan fingerprint density at radius 1 is 1.41 bits per heavy atom. The van der Waals surface area contributed by atoms with E-state index < -0.39 is 5.82 Å². The molecule has 0 saturated carbocycles. The van der Waals surface area contributed by atoms with Crippen LogP contribution in [0.3, 0.4) is 0 Å². The minimum atomic E-state index is -0.573. The summed E-state index contributed by atoms with van der Waals surface area (Å²) in [6, 6.07) is 3.94. The molecule has 0 bridgehead atoms. The second kappa shape index (κ2) is 5.92. The molecule has 3 amide bonds. The van der Waals surface area contributed by atoms with Crippen molar-refractivity contribution in [2.45, 2.75) is 18.9 Å². The molecule has 118 valence electrons. The number of amides is 3. The highest BCUT2D eigenvalue weighted by molar-refractivity contribution is 5.98. The molecule has 3 rings (SSSR count). The lowest BCUT2D eigenvalue weighted by Gasteiger charge is -2.24. The quantitative estimate of drug-likeness (QED) is 0.871. The first-order valence-electron chi connectivity index (χ1n) is 7.48. The summed E-state index contributed by atoms with van der Waals surface area (Å²) in [7, 11) is 0. The second-order valence-corrected chi connectivity index (χ2v) is 5.58. The van der Waals surface area contributed by atoms with Crippen molar-refractivity contribution in [1.29, 1.82) is 0 Å². The molecular weight excluding hydrogens is 287 g/mol. The highest BCUT2D eigenvalue weighted by Gasteiger charge is 2.30. The van der Waals surface area contributed by atoms with Gasteiger partial charge in [-0.25, -0.2) is 9.18 Å². The first-order chi connectivity index (χ1) is 10.6. The molecule has 22 heavy (non-hydrogen) atoms. The number of hydrogen-bond acceptors (Lipinski definition) is 3. The van der Waals surface area contributed by atoms with Crippen LogP contribution in [0.5, 0.6) is 0 Å². The summed E-state index contributed by atoms with van der Waals surface area (Å²) in [5, 5.41) is 2.68. The van der Waals surface area contributed by atoms with Crippen LogP contribution in [0.25, 0.3) is 0 Å². The Morgan fingerprint density at radius 2 is 2.23 bits per heavy atom. The fraction of sp³-hybridized carbons (Fsp3) is 0.467. The lowest BCUT2D eigenvalue weighted by atomic mass is 10.1. The van der Waals surface area contributed by atoms with Crippen molar-refractivity contribution >= 4 is 17.6 Å². The van der Waals surface area contributed by atoms with Crippen molar-refractivity contribution < 1.29 is 14.0 Å². The summed E-state index contributed by atoms with van der Waals surface area (Å²) in [5.74, 6) is -0.928. The zero-order valence-electron chi connectivity index (χ0n) is 12.2. The van der Waals surface area contributed by atoms with Crippen molar-refractivity contribution in [3.05, 3.63) is 29.6 Å². The van der Waals surface area contributed by atoms with Gasteiger partial charge in [-0.2, -0.15) is 0 Å². The van der Waals surface area contributed by atoms with E-state index in [9.17, 15) is 14.0 Å². The lowest BCUT2D eigenvalue weighted by molar-refractivity contribution is 0.0736. The number of hydrogen-bond donors (Lipinski definition) is 2. The first kappa shape index (κ1) is 14.8. The number of nitrogens with two attached hydrogens (primary N) is 1. The van der Waals surface area contributed by atoms with E-state index in [1.165, 1.54) is 23.1 Å². The van der Waals surface area contributed by atoms with Crippen LogP contribution < -0.4 is 16.0 Å². The maximum absolute atomic E-state index is 14.1. The van der Waals surface area contributed by atoms with E-state index in [1.54, 1.807) is 4.90 Å². The Bertz CT molecular complexity index is 607. The summed E-state index contributed by atoms with van der Waals surface area (Å²) in [6.07, 6.45) is 1.72. The van der Waals surface area contributed by atoms with Gasteiger partial charge in [0.2, 0.25) is 0 Å². The topological polar surface area (TPSA) is 78.7 Å². The average Bonchev–Trinajstić information content (AvgIpc) is 3.15. The monoisotopic (exact) mass is 306 g/mol. The van der Waals surface area contributed by atoms with Gasteiger partial charge in [0.1, 0.15) is 5.82 Å². The van der Waals surface area contributed by atoms with E-state index in [4.69, 9.17) is 5.73 Å². The van der Waals surface area contributed by atoms with Gasteiger partial charge in [-0.15, -0.1) is 0 Å². The third kappa shape index (κ3) is 2.52. The smallest absolute Gasteiger partial charge is 0.321 e. The summed E-state index contributed by atoms with van der Waals surface area (Å²) >= 11 is 0.